The van der Waals surface area contributed by atoms with Gasteiger partial charge in [0.25, 0.3) is 11.5 Å². The van der Waals surface area contributed by atoms with E-state index < -0.39 is 58.9 Å². The van der Waals surface area contributed by atoms with Gasteiger partial charge in [0, 0.05) is 17.5 Å². The van der Waals surface area contributed by atoms with Crippen molar-refractivity contribution < 1.29 is 54.0 Å². The van der Waals surface area contributed by atoms with Crippen LogP contribution in [-0.2, 0) is 27.6 Å². The van der Waals surface area contributed by atoms with Crippen molar-refractivity contribution in [3.05, 3.63) is 70.3 Å². The van der Waals surface area contributed by atoms with Gasteiger partial charge in [-0.2, -0.15) is 39.5 Å². The van der Waals surface area contributed by atoms with Gasteiger partial charge in [-0.05, 0) is 35.9 Å². The Kier molecular flexibility index (Phi) is 6.97. The maximum absolute atomic E-state index is 14.1. The molecule has 0 bridgehead atoms. The minimum atomic E-state index is -5.45. The lowest BCUT2D eigenvalue weighted by Gasteiger charge is -2.30. The van der Waals surface area contributed by atoms with Crippen molar-refractivity contribution >= 4 is 18.0 Å². The molecule has 0 radical (unpaired) electrons. The van der Waals surface area contributed by atoms with Crippen LogP contribution in [0.3, 0.4) is 0 Å². The number of amides is 1. The Balaban J connectivity index is 1.99. The molecule has 2 aromatic rings. The molecule has 0 aliphatic carbocycles. The molecule has 36 heavy (non-hydrogen) atoms. The topological polar surface area (TPSA) is 72.3 Å². The first kappa shape index (κ1) is 26.8. The van der Waals surface area contributed by atoms with Crippen LogP contribution in [0, 0.1) is 0 Å². The lowest BCUT2D eigenvalue weighted by Crippen LogP contribution is -2.43. The van der Waals surface area contributed by atoms with Crippen LogP contribution in [0.2, 0.25) is 0 Å². The maximum atomic E-state index is 14.1. The second-order valence-corrected chi connectivity index (χ2v) is 7.39. The average molecular weight is 527 g/mol. The molecule has 194 valence electrons. The van der Waals surface area contributed by atoms with Crippen LogP contribution in [-0.4, -0.2) is 31.2 Å². The fourth-order valence-corrected chi connectivity index (χ4v) is 3.28. The molecule has 0 saturated heterocycles. The van der Waals surface area contributed by atoms with E-state index in [4.69, 9.17) is 0 Å². The van der Waals surface area contributed by atoms with Gasteiger partial charge in [-0.3, -0.25) is 4.79 Å². The monoisotopic (exact) mass is 527 g/mol. The number of carbonyl (C=O) groups excluding carboxylic acids is 1. The SMILES string of the molecule is CO/N=C\NC(=O)c1ccc(C2=NOC(c3cc(C(F)(F)F)cc(C(F)(F)F)c3)(C(F)(F)F)C2)cc1. The smallest absolute Gasteiger partial charge is 0.398 e. The van der Waals surface area contributed by atoms with Gasteiger partial charge in [-0.1, -0.05) is 22.4 Å². The minimum absolute atomic E-state index is 0.00810. The lowest BCUT2D eigenvalue weighted by atomic mass is 9.84. The summed E-state index contributed by atoms with van der Waals surface area (Å²) in [5.74, 6) is -0.653. The summed E-state index contributed by atoms with van der Waals surface area (Å²) in [5, 5.41) is 8.84. The molecule has 0 aromatic heterocycles. The first-order valence-corrected chi connectivity index (χ1v) is 9.66. The average Bonchev–Trinajstić information content (AvgIpc) is 3.25. The molecule has 6 nitrogen and oxygen atoms in total. The van der Waals surface area contributed by atoms with Gasteiger partial charge in [0.05, 0.1) is 16.8 Å². The summed E-state index contributed by atoms with van der Waals surface area (Å²) in [4.78, 5) is 20.9. The highest BCUT2D eigenvalue weighted by molar-refractivity contribution is 6.04. The van der Waals surface area contributed by atoms with Crippen LogP contribution in [0.4, 0.5) is 39.5 Å². The van der Waals surface area contributed by atoms with Gasteiger partial charge in [-0.15, -0.1) is 0 Å². The number of nitrogens with zero attached hydrogens (tertiary/aromatic N) is 2. The third-order valence-corrected chi connectivity index (χ3v) is 5.07. The predicted octanol–water partition coefficient (Wildman–Crippen LogP) is 5.63. The Morgan fingerprint density at radius 3 is 2.03 bits per heavy atom. The zero-order chi connectivity index (χ0) is 26.9. The standard InChI is InChI=1S/C21H14F9N3O3/c1-35-32-10-31-17(34)12-4-2-11(3-5-12)16-9-18(36-33-16,21(28,29)30)13-6-14(19(22,23)24)8-15(7-13)20(25,26)27/h2-8,10H,9H2,1H3,(H,31,32,34). The van der Waals surface area contributed by atoms with E-state index in [0.717, 1.165) is 6.34 Å². The summed E-state index contributed by atoms with van der Waals surface area (Å²) in [7, 11) is 1.23. The third kappa shape index (κ3) is 5.39. The molecule has 0 fully saturated rings. The van der Waals surface area contributed by atoms with E-state index >= 15 is 0 Å². The highest BCUT2D eigenvalue weighted by atomic mass is 19.4. The maximum Gasteiger partial charge on any atom is 0.435 e. The van der Waals surface area contributed by atoms with Gasteiger partial charge in [0.2, 0.25) is 0 Å². The van der Waals surface area contributed by atoms with Crippen molar-refractivity contribution in [2.75, 3.05) is 7.11 Å². The zero-order valence-electron chi connectivity index (χ0n) is 17.8. The highest BCUT2D eigenvalue weighted by Crippen LogP contribution is 2.50. The van der Waals surface area contributed by atoms with Crippen molar-refractivity contribution in [2.45, 2.75) is 30.6 Å². The summed E-state index contributed by atoms with van der Waals surface area (Å²) in [6, 6.07) is 4.40. The van der Waals surface area contributed by atoms with E-state index in [1.54, 1.807) is 0 Å². The number of rotatable bonds is 5. The van der Waals surface area contributed by atoms with E-state index in [9.17, 15) is 44.3 Å². The van der Waals surface area contributed by atoms with Crippen molar-refractivity contribution in [2.24, 2.45) is 10.3 Å². The Labute approximate surface area is 196 Å². The molecule has 0 saturated carbocycles. The number of benzene rings is 2. The number of oxime groups is 2. The number of hydrogen-bond acceptors (Lipinski definition) is 5. The van der Waals surface area contributed by atoms with Gasteiger partial charge in [-0.25, -0.2) is 0 Å². The molecule has 1 N–H and O–H groups in total. The third-order valence-electron chi connectivity index (χ3n) is 5.07. The normalized spacial score (nSPS) is 18.7. The van der Waals surface area contributed by atoms with Crippen LogP contribution in [0.1, 0.15) is 39.0 Å². The van der Waals surface area contributed by atoms with E-state index in [-0.39, 0.29) is 29.3 Å². The number of carbonyl (C=O) groups is 1. The van der Waals surface area contributed by atoms with Gasteiger partial charge < -0.3 is 15.0 Å². The fraction of sp³-hybridized carbons (Fsp3) is 0.286. The highest BCUT2D eigenvalue weighted by Gasteiger charge is 2.63. The van der Waals surface area contributed by atoms with Crippen molar-refractivity contribution in [1.82, 2.24) is 5.32 Å². The number of nitrogens with one attached hydrogen (secondary N) is 1. The number of halogens is 9. The summed E-state index contributed by atoms with van der Waals surface area (Å²) in [6.07, 6.45) is -16.5. The van der Waals surface area contributed by atoms with Crippen molar-refractivity contribution in [1.29, 1.82) is 0 Å². The van der Waals surface area contributed by atoms with E-state index in [1.807, 2.05) is 0 Å². The van der Waals surface area contributed by atoms with Crippen LogP contribution >= 0.6 is 0 Å². The van der Waals surface area contributed by atoms with Crippen LogP contribution in [0.15, 0.2) is 52.8 Å². The summed E-state index contributed by atoms with van der Waals surface area (Å²) in [6.45, 7) is 0. The molecule has 1 atom stereocenters. The fourth-order valence-electron chi connectivity index (χ4n) is 3.28. The molecule has 1 amide bonds. The second-order valence-electron chi connectivity index (χ2n) is 7.39. The Bertz CT molecular complexity index is 1150. The Hall–Kier alpha value is -3.78. The Morgan fingerprint density at radius 2 is 1.56 bits per heavy atom. The van der Waals surface area contributed by atoms with Crippen molar-refractivity contribution in [3.8, 4) is 0 Å². The van der Waals surface area contributed by atoms with E-state index in [0.29, 0.717) is 0 Å². The van der Waals surface area contributed by atoms with E-state index in [2.05, 4.69) is 25.3 Å². The second kappa shape index (κ2) is 9.35. The molecular formula is C21H14F9N3O3. The van der Waals surface area contributed by atoms with Gasteiger partial charge in [0.1, 0.15) is 13.4 Å². The molecular weight excluding hydrogens is 513 g/mol. The lowest BCUT2D eigenvalue weighted by molar-refractivity contribution is -0.276. The molecule has 0 spiro atoms. The number of alkyl halides is 9. The first-order chi connectivity index (χ1) is 16.6. The quantitative estimate of drug-likeness (QED) is 0.237. The van der Waals surface area contributed by atoms with Crippen LogP contribution < -0.4 is 5.32 Å². The molecule has 1 unspecified atom stereocenters. The molecule has 2 aromatic carbocycles. The van der Waals surface area contributed by atoms with Crippen molar-refractivity contribution in [3.63, 3.8) is 0 Å². The summed E-state index contributed by atoms with van der Waals surface area (Å²) >= 11 is 0. The molecule has 1 aliphatic heterocycles. The predicted molar refractivity (Wildman–Crippen MR) is 106 cm³/mol. The van der Waals surface area contributed by atoms with Gasteiger partial charge in [0.15, 0.2) is 0 Å². The summed E-state index contributed by atoms with van der Waals surface area (Å²) < 4.78 is 122. The van der Waals surface area contributed by atoms with E-state index in [1.165, 1.54) is 31.4 Å². The zero-order valence-corrected chi connectivity index (χ0v) is 17.8. The number of hydrogen-bond donors (Lipinski definition) is 1. The molecule has 15 heteroatoms. The largest absolute Gasteiger partial charge is 0.435 e. The molecule has 1 aliphatic rings. The minimum Gasteiger partial charge on any atom is -0.398 e. The van der Waals surface area contributed by atoms with Crippen LogP contribution in [0.25, 0.3) is 0 Å². The molecule has 3 rings (SSSR count). The molecule has 1 heterocycles. The van der Waals surface area contributed by atoms with Crippen LogP contribution in [0.5, 0.6) is 0 Å². The summed E-state index contributed by atoms with van der Waals surface area (Å²) in [5.41, 5.74) is -9.26. The van der Waals surface area contributed by atoms with Gasteiger partial charge >= 0.3 is 18.5 Å². The Morgan fingerprint density at radius 1 is 1.00 bits per heavy atom. The first-order valence-electron chi connectivity index (χ1n) is 9.66.